The van der Waals surface area contributed by atoms with E-state index in [0.29, 0.717) is 11.1 Å². The molecular weight excluding hydrogens is 260 g/mol. The van der Waals surface area contributed by atoms with Crippen molar-refractivity contribution in [2.75, 3.05) is 0 Å². The predicted octanol–water partition coefficient (Wildman–Crippen LogP) is 3.14. The summed E-state index contributed by atoms with van der Waals surface area (Å²) < 4.78 is 5.50. The Balaban J connectivity index is 2.32. The molecule has 1 heterocycles. The lowest BCUT2D eigenvalue weighted by atomic mass is 10.2. The van der Waals surface area contributed by atoms with Crippen molar-refractivity contribution < 1.29 is 14.8 Å². The van der Waals surface area contributed by atoms with Gasteiger partial charge < -0.3 is 9.84 Å². The normalized spacial score (nSPS) is 11.9. The van der Waals surface area contributed by atoms with Gasteiger partial charge in [0.25, 0.3) is 0 Å². The Hall–Kier alpha value is -2.47. The smallest absolute Gasteiger partial charge is 0.311 e. The Morgan fingerprint density at radius 3 is 2.65 bits per heavy atom. The van der Waals surface area contributed by atoms with Crippen LogP contribution in [0.5, 0.6) is 11.6 Å². The van der Waals surface area contributed by atoms with Gasteiger partial charge in [-0.3, -0.25) is 10.1 Å². The van der Waals surface area contributed by atoms with E-state index >= 15 is 0 Å². The molecule has 2 rings (SSSR count). The van der Waals surface area contributed by atoms with Crippen LogP contribution in [-0.4, -0.2) is 15.0 Å². The van der Waals surface area contributed by atoms with Gasteiger partial charge in [0.15, 0.2) is 0 Å². The number of nitro groups is 1. The molecule has 0 aliphatic heterocycles. The number of ether oxygens (including phenoxy) is 1. The molecule has 0 aliphatic rings. The molecule has 0 aliphatic carbocycles. The molecule has 0 bridgehead atoms. The Labute approximate surface area is 115 Å². The van der Waals surface area contributed by atoms with Crippen molar-refractivity contribution in [3.63, 3.8) is 0 Å². The quantitative estimate of drug-likeness (QED) is 0.683. The van der Waals surface area contributed by atoms with Crippen LogP contribution in [0, 0.1) is 17.0 Å². The number of aryl methyl sites for hydroxylation is 1. The van der Waals surface area contributed by atoms with Crippen LogP contribution in [0.3, 0.4) is 0 Å². The van der Waals surface area contributed by atoms with E-state index in [1.165, 1.54) is 12.3 Å². The summed E-state index contributed by atoms with van der Waals surface area (Å²) in [5, 5.41) is 20.4. The number of benzene rings is 1. The summed E-state index contributed by atoms with van der Waals surface area (Å²) in [6.07, 6.45) is 0.855. The van der Waals surface area contributed by atoms with Crippen molar-refractivity contribution >= 4 is 5.69 Å². The first kappa shape index (κ1) is 14.0. The SMILES string of the molecule is Cc1cccc([N+](=O)[O-])c1Oc1ccc(C(C)O)cn1. The van der Waals surface area contributed by atoms with E-state index in [0.717, 1.165) is 0 Å². The Morgan fingerprint density at radius 2 is 2.10 bits per heavy atom. The van der Waals surface area contributed by atoms with Crippen LogP contribution in [0.4, 0.5) is 5.69 Å². The number of para-hydroxylation sites is 1. The van der Waals surface area contributed by atoms with Gasteiger partial charge >= 0.3 is 5.69 Å². The molecule has 1 aromatic carbocycles. The van der Waals surface area contributed by atoms with Crippen LogP contribution < -0.4 is 4.74 Å². The van der Waals surface area contributed by atoms with E-state index in [2.05, 4.69) is 4.98 Å². The molecule has 1 unspecified atom stereocenters. The van der Waals surface area contributed by atoms with Crippen molar-refractivity contribution in [1.82, 2.24) is 4.98 Å². The molecule has 0 saturated heterocycles. The average molecular weight is 274 g/mol. The van der Waals surface area contributed by atoms with Gasteiger partial charge in [0.2, 0.25) is 11.6 Å². The van der Waals surface area contributed by atoms with E-state index in [1.807, 2.05) is 0 Å². The summed E-state index contributed by atoms with van der Waals surface area (Å²) in [5.74, 6) is 0.418. The molecule has 1 aromatic heterocycles. The summed E-state index contributed by atoms with van der Waals surface area (Å²) in [5.41, 5.74) is 1.20. The number of hydrogen-bond acceptors (Lipinski definition) is 5. The van der Waals surface area contributed by atoms with Crippen molar-refractivity contribution in [3.05, 3.63) is 57.8 Å². The summed E-state index contributed by atoms with van der Waals surface area (Å²) >= 11 is 0. The maximum absolute atomic E-state index is 11.0. The van der Waals surface area contributed by atoms with Gasteiger partial charge in [-0.2, -0.15) is 0 Å². The minimum atomic E-state index is -0.621. The second-order valence-corrected chi connectivity index (χ2v) is 4.39. The standard InChI is InChI=1S/C14H14N2O4/c1-9-4-3-5-12(16(18)19)14(9)20-13-7-6-11(8-15-13)10(2)17/h3-8,10,17H,1-2H3. The van der Waals surface area contributed by atoms with Gasteiger partial charge in [0.05, 0.1) is 11.0 Å². The Bertz CT molecular complexity index is 624. The Morgan fingerprint density at radius 1 is 1.35 bits per heavy atom. The molecule has 0 fully saturated rings. The number of aliphatic hydroxyl groups excluding tert-OH is 1. The summed E-state index contributed by atoms with van der Waals surface area (Å²) in [4.78, 5) is 14.5. The fourth-order valence-electron chi connectivity index (χ4n) is 1.72. The number of nitro benzene ring substituents is 1. The summed E-state index contributed by atoms with van der Waals surface area (Å²) in [6.45, 7) is 3.36. The zero-order valence-electron chi connectivity index (χ0n) is 11.1. The first-order chi connectivity index (χ1) is 9.49. The van der Waals surface area contributed by atoms with E-state index in [1.54, 1.807) is 38.1 Å². The topological polar surface area (TPSA) is 85.5 Å². The predicted molar refractivity (Wildman–Crippen MR) is 72.8 cm³/mol. The van der Waals surface area contributed by atoms with Gasteiger partial charge in [-0.1, -0.05) is 12.1 Å². The van der Waals surface area contributed by atoms with Crippen molar-refractivity contribution in [2.24, 2.45) is 0 Å². The molecule has 20 heavy (non-hydrogen) atoms. The minimum absolute atomic E-state index is 0.105. The van der Waals surface area contributed by atoms with Gasteiger partial charge in [-0.25, -0.2) is 4.98 Å². The highest BCUT2D eigenvalue weighted by Crippen LogP contribution is 2.33. The first-order valence-electron chi connectivity index (χ1n) is 6.05. The zero-order chi connectivity index (χ0) is 14.7. The lowest BCUT2D eigenvalue weighted by Gasteiger charge is -2.09. The van der Waals surface area contributed by atoms with Crippen molar-refractivity contribution in [2.45, 2.75) is 20.0 Å². The maximum Gasteiger partial charge on any atom is 0.311 e. The lowest BCUT2D eigenvalue weighted by molar-refractivity contribution is -0.385. The van der Waals surface area contributed by atoms with Gasteiger partial charge in [-0.05, 0) is 31.0 Å². The molecule has 2 aromatic rings. The number of nitrogens with zero attached hydrogens (tertiary/aromatic N) is 2. The molecule has 0 spiro atoms. The Kier molecular flexibility index (Phi) is 3.95. The van der Waals surface area contributed by atoms with Crippen LogP contribution in [0.25, 0.3) is 0 Å². The average Bonchev–Trinajstić information content (AvgIpc) is 2.41. The van der Waals surface area contributed by atoms with Crippen molar-refractivity contribution in [1.29, 1.82) is 0 Å². The molecule has 0 amide bonds. The number of rotatable bonds is 4. The molecule has 0 radical (unpaired) electrons. The minimum Gasteiger partial charge on any atom is -0.432 e. The molecule has 0 saturated carbocycles. The maximum atomic E-state index is 11.0. The van der Waals surface area contributed by atoms with Crippen LogP contribution in [0.2, 0.25) is 0 Å². The third-order valence-electron chi connectivity index (χ3n) is 2.84. The van der Waals surface area contributed by atoms with Gasteiger partial charge in [0, 0.05) is 18.3 Å². The van der Waals surface area contributed by atoms with Gasteiger partial charge in [-0.15, -0.1) is 0 Å². The molecule has 6 heteroatoms. The number of hydrogen-bond donors (Lipinski definition) is 1. The molecule has 6 nitrogen and oxygen atoms in total. The fraction of sp³-hybridized carbons (Fsp3) is 0.214. The van der Waals surface area contributed by atoms with Crippen LogP contribution in [0.15, 0.2) is 36.5 Å². The third-order valence-corrected chi connectivity index (χ3v) is 2.84. The second kappa shape index (κ2) is 5.66. The van der Waals surface area contributed by atoms with Crippen LogP contribution >= 0.6 is 0 Å². The van der Waals surface area contributed by atoms with E-state index in [-0.39, 0.29) is 17.3 Å². The largest absolute Gasteiger partial charge is 0.432 e. The van der Waals surface area contributed by atoms with Crippen LogP contribution in [0.1, 0.15) is 24.2 Å². The van der Waals surface area contributed by atoms with E-state index < -0.39 is 11.0 Å². The molecular formula is C14H14N2O4. The van der Waals surface area contributed by atoms with E-state index in [4.69, 9.17) is 4.74 Å². The molecule has 1 atom stereocenters. The molecule has 104 valence electrons. The van der Waals surface area contributed by atoms with E-state index in [9.17, 15) is 15.2 Å². The number of pyridine rings is 1. The lowest BCUT2D eigenvalue weighted by Crippen LogP contribution is -1.98. The second-order valence-electron chi connectivity index (χ2n) is 4.39. The monoisotopic (exact) mass is 274 g/mol. The zero-order valence-corrected chi connectivity index (χ0v) is 11.1. The number of aliphatic hydroxyl groups is 1. The third kappa shape index (κ3) is 2.92. The first-order valence-corrected chi connectivity index (χ1v) is 6.05. The highest BCUT2D eigenvalue weighted by Gasteiger charge is 2.18. The van der Waals surface area contributed by atoms with Crippen LogP contribution in [-0.2, 0) is 0 Å². The summed E-state index contributed by atoms with van der Waals surface area (Å²) in [6, 6.07) is 7.94. The number of aromatic nitrogens is 1. The van der Waals surface area contributed by atoms with Crippen molar-refractivity contribution in [3.8, 4) is 11.6 Å². The highest BCUT2D eigenvalue weighted by molar-refractivity contribution is 5.52. The van der Waals surface area contributed by atoms with Gasteiger partial charge in [0.1, 0.15) is 0 Å². The fourth-order valence-corrected chi connectivity index (χ4v) is 1.72. The molecule has 1 N–H and O–H groups in total. The highest BCUT2D eigenvalue weighted by atomic mass is 16.6. The summed E-state index contributed by atoms with van der Waals surface area (Å²) in [7, 11) is 0.